The van der Waals surface area contributed by atoms with E-state index >= 15 is 0 Å². The highest BCUT2D eigenvalue weighted by Gasteiger charge is 2.31. The number of hydrogen-bond acceptors (Lipinski definition) is 5. The molecule has 2 aromatic carbocycles. The number of benzene rings is 2. The molecule has 1 aliphatic rings. The fourth-order valence-electron chi connectivity index (χ4n) is 2.59. The van der Waals surface area contributed by atoms with E-state index in [1.165, 1.54) is 12.1 Å². The molecule has 1 unspecified atom stereocenters. The van der Waals surface area contributed by atoms with Crippen LogP contribution in [0.4, 0.5) is 0 Å². The standard InChI is InChI=1S/C16H15NO5S/c1-11-15(12-7-9-14(10-8-12)23(19,20)21)16(17(18)22-11)13-5-3-2-4-6-13/h2-11,18H,1H3,(H,19,20,21). The number of hydrogen-bond donors (Lipinski definition) is 2. The highest BCUT2D eigenvalue weighted by Crippen LogP contribution is 2.38. The van der Waals surface area contributed by atoms with E-state index in [0.717, 1.165) is 16.4 Å². The van der Waals surface area contributed by atoms with E-state index in [1.54, 1.807) is 19.1 Å². The lowest BCUT2D eigenvalue weighted by atomic mass is 9.97. The molecular weight excluding hydrogens is 318 g/mol. The quantitative estimate of drug-likeness (QED) is 0.840. The molecule has 0 fully saturated rings. The summed E-state index contributed by atoms with van der Waals surface area (Å²) in [6.07, 6.45) is -0.410. The summed E-state index contributed by atoms with van der Waals surface area (Å²) in [7, 11) is -4.24. The van der Waals surface area contributed by atoms with Crippen molar-refractivity contribution in [2.45, 2.75) is 17.9 Å². The molecule has 1 heterocycles. The Morgan fingerprint density at radius 1 is 1.00 bits per heavy atom. The summed E-state index contributed by atoms with van der Waals surface area (Å²) in [5.74, 6) is 0. The van der Waals surface area contributed by atoms with Crippen LogP contribution in [0.1, 0.15) is 18.1 Å². The van der Waals surface area contributed by atoms with Gasteiger partial charge < -0.3 is 0 Å². The van der Waals surface area contributed by atoms with E-state index in [1.807, 2.05) is 30.3 Å². The normalized spacial score (nSPS) is 18.6. The Hall–Kier alpha value is -2.19. The van der Waals surface area contributed by atoms with Gasteiger partial charge in [-0.15, -0.1) is 5.23 Å². The smallest absolute Gasteiger partial charge is 0.282 e. The van der Waals surface area contributed by atoms with Gasteiger partial charge in [0.05, 0.1) is 4.90 Å². The van der Waals surface area contributed by atoms with Crippen LogP contribution in [0.3, 0.4) is 0 Å². The fraction of sp³-hybridized carbons (Fsp3) is 0.125. The van der Waals surface area contributed by atoms with Crippen LogP contribution in [0.15, 0.2) is 59.5 Å². The lowest BCUT2D eigenvalue weighted by Gasteiger charge is -2.12. The third-order valence-corrected chi connectivity index (χ3v) is 4.49. The minimum atomic E-state index is -4.24. The lowest BCUT2D eigenvalue weighted by molar-refractivity contribution is -0.294. The molecule has 120 valence electrons. The second-order valence-corrected chi connectivity index (χ2v) is 6.57. The van der Waals surface area contributed by atoms with Crippen LogP contribution in [0.5, 0.6) is 0 Å². The van der Waals surface area contributed by atoms with E-state index in [-0.39, 0.29) is 4.90 Å². The summed E-state index contributed by atoms with van der Waals surface area (Å²) in [5, 5.41) is 10.8. The van der Waals surface area contributed by atoms with Crippen molar-refractivity contribution in [3.63, 3.8) is 0 Å². The van der Waals surface area contributed by atoms with Gasteiger partial charge in [-0.25, -0.2) is 4.84 Å². The van der Waals surface area contributed by atoms with Gasteiger partial charge >= 0.3 is 0 Å². The average molecular weight is 333 g/mol. The summed E-state index contributed by atoms with van der Waals surface area (Å²) < 4.78 is 31.3. The predicted octanol–water partition coefficient (Wildman–Crippen LogP) is 2.83. The Balaban J connectivity index is 2.13. The molecule has 0 radical (unpaired) electrons. The van der Waals surface area contributed by atoms with E-state index < -0.39 is 16.2 Å². The summed E-state index contributed by atoms with van der Waals surface area (Å²) in [6.45, 7) is 1.78. The van der Waals surface area contributed by atoms with Crippen molar-refractivity contribution in [2.75, 3.05) is 0 Å². The van der Waals surface area contributed by atoms with E-state index in [4.69, 9.17) is 9.39 Å². The Bertz CT molecular complexity index is 844. The molecule has 0 spiro atoms. The maximum absolute atomic E-state index is 11.1. The molecule has 0 bridgehead atoms. The molecule has 0 saturated carbocycles. The average Bonchev–Trinajstić information content (AvgIpc) is 2.82. The molecule has 1 aliphatic heterocycles. The summed E-state index contributed by atoms with van der Waals surface area (Å²) in [5.41, 5.74) is 2.69. The minimum absolute atomic E-state index is 0.185. The van der Waals surface area contributed by atoms with Gasteiger partial charge in [0, 0.05) is 11.1 Å². The predicted molar refractivity (Wildman–Crippen MR) is 83.7 cm³/mol. The highest BCUT2D eigenvalue weighted by atomic mass is 32.2. The summed E-state index contributed by atoms with van der Waals surface area (Å²) in [6, 6.07) is 15.0. The largest absolute Gasteiger partial charge is 0.294 e. The zero-order chi connectivity index (χ0) is 16.6. The van der Waals surface area contributed by atoms with Gasteiger partial charge in [-0.3, -0.25) is 9.76 Å². The zero-order valence-electron chi connectivity index (χ0n) is 12.2. The van der Waals surface area contributed by atoms with Crippen molar-refractivity contribution in [1.82, 2.24) is 5.23 Å². The first-order valence-electron chi connectivity index (χ1n) is 6.91. The topological polar surface area (TPSA) is 87.1 Å². The van der Waals surface area contributed by atoms with Gasteiger partial charge in [-0.2, -0.15) is 8.42 Å². The first-order chi connectivity index (χ1) is 10.9. The molecular formula is C16H15NO5S. The van der Waals surface area contributed by atoms with Crippen LogP contribution in [-0.4, -0.2) is 29.5 Å². The van der Waals surface area contributed by atoms with Gasteiger partial charge in [0.25, 0.3) is 10.1 Å². The first kappa shape index (κ1) is 15.7. The van der Waals surface area contributed by atoms with Gasteiger partial charge in [0.2, 0.25) is 0 Å². The minimum Gasteiger partial charge on any atom is -0.282 e. The SMILES string of the molecule is CC1ON(O)C(c2ccccc2)=C1c1ccc(S(=O)(=O)O)cc1. The molecule has 2 aromatic rings. The van der Waals surface area contributed by atoms with Crippen molar-refractivity contribution >= 4 is 21.4 Å². The zero-order valence-corrected chi connectivity index (χ0v) is 13.1. The van der Waals surface area contributed by atoms with E-state index in [0.29, 0.717) is 11.3 Å². The molecule has 3 rings (SSSR count). The first-order valence-corrected chi connectivity index (χ1v) is 8.35. The molecule has 0 aliphatic carbocycles. The third kappa shape index (κ3) is 2.99. The maximum atomic E-state index is 11.1. The summed E-state index contributed by atoms with van der Waals surface area (Å²) in [4.78, 5) is 5.16. The Morgan fingerprint density at radius 3 is 2.17 bits per heavy atom. The van der Waals surface area contributed by atoms with Crippen LogP contribution in [-0.2, 0) is 15.0 Å². The van der Waals surface area contributed by atoms with Crippen LogP contribution >= 0.6 is 0 Å². The molecule has 1 atom stereocenters. The summed E-state index contributed by atoms with van der Waals surface area (Å²) >= 11 is 0. The van der Waals surface area contributed by atoms with Gasteiger partial charge in [-0.05, 0) is 24.6 Å². The molecule has 23 heavy (non-hydrogen) atoms. The van der Waals surface area contributed by atoms with Crippen LogP contribution in [0.2, 0.25) is 0 Å². The molecule has 6 nitrogen and oxygen atoms in total. The molecule has 0 saturated heterocycles. The van der Waals surface area contributed by atoms with E-state index in [2.05, 4.69) is 0 Å². The van der Waals surface area contributed by atoms with Gasteiger partial charge in [0.1, 0.15) is 11.8 Å². The lowest BCUT2D eigenvalue weighted by Crippen LogP contribution is -2.14. The second-order valence-electron chi connectivity index (χ2n) is 5.15. The second kappa shape index (κ2) is 5.78. The van der Waals surface area contributed by atoms with Gasteiger partial charge in [-0.1, -0.05) is 42.5 Å². The van der Waals surface area contributed by atoms with Crippen LogP contribution in [0.25, 0.3) is 11.3 Å². The number of rotatable bonds is 3. The van der Waals surface area contributed by atoms with E-state index in [9.17, 15) is 13.6 Å². The highest BCUT2D eigenvalue weighted by molar-refractivity contribution is 7.85. The van der Waals surface area contributed by atoms with Crippen molar-refractivity contribution in [3.8, 4) is 0 Å². The third-order valence-electron chi connectivity index (χ3n) is 3.62. The number of nitrogens with zero attached hydrogens (tertiary/aromatic N) is 1. The molecule has 7 heteroatoms. The van der Waals surface area contributed by atoms with Crippen molar-refractivity contribution in [3.05, 3.63) is 65.7 Å². The van der Waals surface area contributed by atoms with Crippen molar-refractivity contribution < 1.29 is 23.0 Å². The molecule has 0 aromatic heterocycles. The molecule has 0 amide bonds. The van der Waals surface area contributed by atoms with Crippen molar-refractivity contribution in [1.29, 1.82) is 0 Å². The number of hydroxylamine groups is 2. The fourth-order valence-corrected chi connectivity index (χ4v) is 3.07. The maximum Gasteiger partial charge on any atom is 0.294 e. The van der Waals surface area contributed by atoms with Gasteiger partial charge in [0.15, 0.2) is 0 Å². The van der Waals surface area contributed by atoms with Crippen LogP contribution in [0, 0.1) is 0 Å². The Labute approximate surface area is 133 Å². The Kier molecular flexibility index (Phi) is 3.95. The van der Waals surface area contributed by atoms with Crippen LogP contribution < -0.4 is 0 Å². The molecule has 2 N–H and O–H groups in total. The van der Waals surface area contributed by atoms with Crippen molar-refractivity contribution in [2.24, 2.45) is 0 Å². The Morgan fingerprint density at radius 2 is 1.61 bits per heavy atom. The monoisotopic (exact) mass is 333 g/mol.